The summed E-state index contributed by atoms with van der Waals surface area (Å²) < 4.78 is 76.9. The molecule has 0 heterocycles. The van der Waals surface area contributed by atoms with E-state index in [0.717, 1.165) is 24.5 Å². The first-order chi connectivity index (χ1) is 19.6. The van der Waals surface area contributed by atoms with Crippen molar-refractivity contribution in [3.63, 3.8) is 0 Å². The topological polar surface area (TPSA) is 93.5 Å². The Bertz CT molecular complexity index is 1310. The lowest BCUT2D eigenvalue weighted by Crippen LogP contribution is -2.61. The molecule has 0 bridgehead atoms. The average molecular weight is 597 g/mol. The van der Waals surface area contributed by atoms with Crippen molar-refractivity contribution in [1.82, 2.24) is 10.2 Å². The van der Waals surface area contributed by atoms with Crippen LogP contribution in [0.5, 0.6) is 0 Å². The minimum Gasteiger partial charge on any atom is -0.365 e. The first-order valence-electron chi connectivity index (χ1n) is 13.0. The fourth-order valence-corrected chi connectivity index (χ4v) is 4.89. The van der Waals surface area contributed by atoms with Crippen LogP contribution in [0.4, 0.5) is 32.0 Å². The second-order valence-electron chi connectivity index (χ2n) is 10.7. The van der Waals surface area contributed by atoms with E-state index in [2.05, 4.69) is 5.32 Å². The Morgan fingerprint density at radius 2 is 1.69 bits per heavy atom. The van der Waals surface area contributed by atoms with Gasteiger partial charge in [-0.1, -0.05) is 12.1 Å². The molecule has 2 aromatic carbocycles. The second-order valence-corrected chi connectivity index (χ2v) is 10.7. The SMILES string of the molecule is CN(CC=O)c1ccc(C#N)cc1F.CN(Cc1ccc(C(F)(F)F)cc1)C1(C=O)CC(C(=O)NC2CC(F)(F)C2)C1. The zero-order valence-corrected chi connectivity index (χ0v) is 22.9. The van der Waals surface area contributed by atoms with Crippen LogP contribution in [-0.4, -0.2) is 61.5 Å². The molecule has 0 aromatic heterocycles. The summed E-state index contributed by atoms with van der Waals surface area (Å²) in [5, 5.41) is 11.1. The van der Waals surface area contributed by atoms with Gasteiger partial charge in [-0.05, 0) is 55.8 Å². The Kier molecular flexibility index (Phi) is 10.0. The number of carbonyl (C=O) groups excluding carboxylic acids is 3. The second kappa shape index (κ2) is 12.9. The monoisotopic (exact) mass is 596 g/mol. The Morgan fingerprint density at radius 1 is 1.07 bits per heavy atom. The quantitative estimate of drug-likeness (QED) is 0.333. The molecule has 2 aliphatic rings. The fourth-order valence-electron chi connectivity index (χ4n) is 4.89. The van der Waals surface area contributed by atoms with Gasteiger partial charge in [0.2, 0.25) is 5.91 Å². The fraction of sp³-hybridized carbons (Fsp3) is 0.448. The van der Waals surface area contributed by atoms with Crippen molar-refractivity contribution in [1.29, 1.82) is 5.26 Å². The Balaban J connectivity index is 0.000000291. The molecule has 1 N–H and O–H groups in total. The molecule has 13 heteroatoms. The third kappa shape index (κ3) is 7.88. The highest BCUT2D eigenvalue weighted by Crippen LogP contribution is 2.43. The summed E-state index contributed by atoms with van der Waals surface area (Å²) in [6, 6.07) is 10.1. The van der Waals surface area contributed by atoms with Gasteiger partial charge in [-0.25, -0.2) is 13.2 Å². The van der Waals surface area contributed by atoms with E-state index in [1.54, 1.807) is 19.0 Å². The van der Waals surface area contributed by atoms with Crippen LogP contribution in [0.3, 0.4) is 0 Å². The summed E-state index contributed by atoms with van der Waals surface area (Å²) in [5.41, 5.74) is -0.428. The van der Waals surface area contributed by atoms with Crippen LogP contribution < -0.4 is 10.2 Å². The van der Waals surface area contributed by atoms with Crippen molar-refractivity contribution < 1.29 is 40.7 Å². The molecule has 0 saturated heterocycles. The van der Waals surface area contributed by atoms with Crippen LogP contribution in [0.25, 0.3) is 0 Å². The third-order valence-corrected chi connectivity index (χ3v) is 7.52. The van der Waals surface area contributed by atoms with E-state index in [4.69, 9.17) is 5.26 Å². The lowest BCUT2D eigenvalue weighted by atomic mass is 9.67. The highest BCUT2D eigenvalue weighted by molar-refractivity contribution is 5.83. The number of nitrogens with one attached hydrogen (secondary N) is 1. The Hall–Kier alpha value is -3.92. The van der Waals surface area contributed by atoms with Gasteiger partial charge in [0.25, 0.3) is 5.92 Å². The Labute approximate surface area is 239 Å². The normalized spacial score (nSPS) is 21.1. The molecule has 0 atom stereocenters. The van der Waals surface area contributed by atoms with E-state index in [1.165, 1.54) is 29.2 Å². The van der Waals surface area contributed by atoms with E-state index in [9.17, 15) is 40.7 Å². The van der Waals surface area contributed by atoms with Crippen molar-refractivity contribution in [2.75, 3.05) is 25.5 Å². The molecule has 226 valence electrons. The number of anilines is 1. The number of hydrogen-bond donors (Lipinski definition) is 1. The van der Waals surface area contributed by atoms with Gasteiger partial charge in [0.1, 0.15) is 18.4 Å². The molecule has 1 amide bonds. The molecule has 0 aliphatic heterocycles. The molecule has 0 unspecified atom stereocenters. The zero-order valence-electron chi connectivity index (χ0n) is 22.9. The first kappa shape index (κ1) is 32.6. The predicted octanol–water partition coefficient (Wildman–Crippen LogP) is 4.73. The number of rotatable bonds is 9. The van der Waals surface area contributed by atoms with Gasteiger partial charge >= 0.3 is 6.18 Å². The zero-order chi connectivity index (χ0) is 31.3. The molecule has 2 saturated carbocycles. The molecule has 2 aromatic rings. The number of nitriles is 1. The predicted molar refractivity (Wildman–Crippen MR) is 141 cm³/mol. The first-order valence-corrected chi connectivity index (χ1v) is 13.0. The van der Waals surface area contributed by atoms with Gasteiger partial charge in [-0.3, -0.25) is 9.69 Å². The lowest BCUT2D eigenvalue weighted by Gasteiger charge is -2.49. The number of aldehydes is 2. The number of carbonyl (C=O) groups is 3. The van der Waals surface area contributed by atoms with E-state index < -0.39 is 41.0 Å². The van der Waals surface area contributed by atoms with Gasteiger partial charge < -0.3 is 19.8 Å². The summed E-state index contributed by atoms with van der Waals surface area (Å²) in [7, 11) is 3.28. The molecule has 0 radical (unpaired) electrons. The lowest BCUT2D eigenvalue weighted by molar-refractivity contribution is -0.144. The maximum Gasteiger partial charge on any atom is 0.416 e. The van der Waals surface area contributed by atoms with Gasteiger partial charge in [0.05, 0.1) is 35.0 Å². The summed E-state index contributed by atoms with van der Waals surface area (Å²) in [5.74, 6) is -3.98. The van der Waals surface area contributed by atoms with Crippen molar-refractivity contribution in [2.45, 2.75) is 55.9 Å². The van der Waals surface area contributed by atoms with Crippen molar-refractivity contribution >= 4 is 24.2 Å². The number of likely N-dealkylation sites (N-methyl/N-ethyl adjacent to an activating group) is 2. The third-order valence-electron chi connectivity index (χ3n) is 7.52. The maximum atomic E-state index is 13.3. The number of alkyl halides is 5. The number of hydrogen-bond acceptors (Lipinski definition) is 6. The number of halogens is 6. The largest absolute Gasteiger partial charge is 0.416 e. The summed E-state index contributed by atoms with van der Waals surface area (Å²) >= 11 is 0. The van der Waals surface area contributed by atoms with Gasteiger partial charge in [-0.15, -0.1) is 0 Å². The van der Waals surface area contributed by atoms with Crippen LogP contribution in [0.1, 0.15) is 42.4 Å². The molecular formula is C29H30F6N4O3. The smallest absolute Gasteiger partial charge is 0.365 e. The Morgan fingerprint density at radius 3 is 2.17 bits per heavy atom. The maximum absolute atomic E-state index is 13.3. The molecule has 0 spiro atoms. The van der Waals surface area contributed by atoms with Crippen LogP contribution in [0, 0.1) is 23.1 Å². The molecule has 7 nitrogen and oxygen atoms in total. The summed E-state index contributed by atoms with van der Waals surface area (Å²) in [4.78, 5) is 37.2. The van der Waals surface area contributed by atoms with E-state index >= 15 is 0 Å². The molecule has 4 rings (SSSR count). The van der Waals surface area contributed by atoms with E-state index in [1.807, 2.05) is 6.07 Å². The summed E-state index contributed by atoms with van der Waals surface area (Å²) in [6.07, 6.45) is -3.19. The molecule has 42 heavy (non-hydrogen) atoms. The number of nitrogens with zero attached hydrogens (tertiary/aromatic N) is 3. The minimum atomic E-state index is -4.41. The van der Waals surface area contributed by atoms with Crippen LogP contribution in [0.2, 0.25) is 0 Å². The van der Waals surface area contributed by atoms with Crippen molar-refractivity contribution in [2.24, 2.45) is 5.92 Å². The molecule has 2 fully saturated rings. The highest BCUT2D eigenvalue weighted by atomic mass is 19.4. The molecule has 2 aliphatic carbocycles. The van der Waals surface area contributed by atoms with Crippen molar-refractivity contribution in [3.05, 3.63) is 65.0 Å². The van der Waals surface area contributed by atoms with Crippen LogP contribution in [0.15, 0.2) is 42.5 Å². The van der Waals surface area contributed by atoms with Crippen LogP contribution in [-0.2, 0) is 27.1 Å². The number of amides is 1. The van der Waals surface area contributed by atoms with Gasteiger partial charge in [0.15, 0.2) is 0 Å². The highest BCUT2D eigenvalue weighted by Gasteiger charge is 2.52. The standard InChI is InChI=1S/C19H21F5N2O2.C10H9FN2O/c1-26(10-12-2-4-14(5-3-12)19(22,23)24)17(11-27)6-13(7-17)16(28)25-15-8-18(20,21)9-15;1-13(4-5-14)10-3-2-8(7-12)6-9(10)11/h2-5,11,13,15H,6-10H2,1H3,(H,25,28);2-3,5-6H,4H2,1H3. The average Bonchev–Trinajstić information content (AvgIpc) is 2.87. The van der Waals surface area contributed by atoms with E-state index in [0.29, 0.717) is 17.5 Å². The minimum absolute atomic E-state index is 0.128. The van der Waals surface area contributed by atoms with Gasteiger partial charge in [0, 0.05) is 38.4 Å². The molecular weight excluding hydrogens is 566 g/mol. The van der Waals surface area contributed by atoms with Gasteiger partial charge in [-0.2, -0.15) is 18.4 Å². The number of benzene rings is 2. The van der Waals surface area contributed by atoms with Crippen LogP contribution >= 0.6 is 0 Å². The summed E-state index contributed by atoms with van der Waals surface area (Å²) in [6.45, 7) is 0.378. The van der Waals surface area contributed by atoms with E-state index in [-0.39, 0.29) is 50.2 Å². The van der Waals surface area contributed by atoms with Crippen molar-refractivity contribution in [3.8, 4) is 6.07 Å².